The summed E-state index contributed by atoms with van der Waals surface area (Å²) in [7, 11) is 2.16. The van der Waals surface area contributed by atoms with Gasteiger partial charge in [0.1, 0.15) is 10.6 Å². The highest BCUT2D eigenvalue weighted by molar-refractivity contribution is 7.17. The summed E-state index contributed by atoms with van der Waals surface area (Å²) in [5, 5.41) is 16.9. The molecule has 140 valence electrons. The number of carbonyl (C=O) groups is 1. The molecule has 2 heterocycles. The number of anilines is 2. The molecule has 7 heteroatoms. The van der Waals surface area contributed by atoms with Crippen molar-refractivity contribution in [2.24, 2.45) is 5.92 Å². The number of rotatable bonds is 5. The minimum absolute atomic E-state index is 0.177. The van der Waals surface area contributed by atoms with Gasteiger partial charge in [0.05, 0.1) is 11.9 Å². The molecular weight excluding hydrogens is 348 g/mol. The van der Waals surface area contributed by atoms with Gasteiger partial charge in [0.2, 0.25) is 0 Å². The van der Waals surface area contributed by atoms with Crippen LogP contribution in [0.3, 0.4) is 0 Å². The summed E-state index contributed by atoms with van der Waals surface area (Å²) in [6.45, 7) is 6.87. The minimum Gasteiger partial charge on any atom is -0.508 e. The van der Waals surface area contributed by atoms with E-state index in [0.29, 0.717) is 22.0 Å². The third-order valence-electron chi connectivity index (χ3n) is 4.99. The first-order valence-corrected chi connectivity index (χ1v) is 9.74. The number of hydrogen-bond donors (Lipinski definition) is 3. The number of phenols is 1. The van der Waals surface area contributed by atoms with Crippen molar-refractivity contribution in [3.63, 3.8) is 0 Å². The van der Waals surface area contributed by atoms with Crippen LogP contribution < -0.4 is 10.6 Å². The Morgan fingerprint density at radius 1 is 1.35 bits per heavy atom. The van der Waals surface area contributed by atoms with Gasteiger partial charge >= 0.3 is 0 Å². The van der Waals surface area contributed by atoms with E-state index < -0.39 is 0 Å². The number of benzene rings is 1. The lowest BCUT2D eigenvalue weighted by molar-refractivity contribution is 0.103. The molecule has 1 aromatic heterocycles. The van der Waals surface area contributed by atoms with Gasteiger partial charge in [-0.05, 0) is 64.4 Å². The molecule has 1 aromatic carbocycles. The maximum Gasteiger partial charge on any atom is 0.267 e. The number of piperidine rings is 1. The van der Waals surface area contributed by atoms with Gasteiger partial charge in [0.25, 0.3) is 5.91 Å². The largest absolute Gasteiger partial charge is 0.508 e. The number of aromatic nitrogens is 1. The van der Waals surface area contributed by atoms with Crippen molar-refractivity contribution < 1.29 is 9.90 Å². The predicted molar refractivity (Wildman–Crippen MR) is 106 cm³/mol. The van der Waals surface area contributed by atoms with Crippen LogP contribution in [0.5, 0.6) is 5.75 Å². The van der Waals surface area contributed by atoms with Crippen LogP contribution in [0, 0.1) is 19.8 Å². The number of hydrogen-bond acceptors (Lipinski definition) is 6. The molecule has 0 aliphatic carbocycles. The van der Waals surface area contributed by atoms with E-state index in [2.05, 4.69) is 27.6 Å². The Hall–Kier alpha value is -2.12. The van der Waals surface area contributed by atoms with Crippen molar-refractivity contribution in [2.45, 2.75) is 26.7 Å². The number of aryl methyl sites for hydroxylation is 1. The summed E-state index contributed by atoms with van der Waals surface area (Å²) in [6.07, 6.45) is 3.99. The van der Waals surface area contributed by atoms with Gasteiger partial charge in [-0.25, -0.2) is 4.98 Å². The van der Waals surface area contributed by atoms with E-state index in [0.717, 1.165) is 30.3 Å². The number of phenolic OH excluding ortho intramolecular Hbond substituents is 1. The second-order valence-corrected chi connectivity index (χ2v) is 8.04. The monoisotopic (exact) mass is 374 g/mol. The fraction of sp³-hybridized carbons (Fsp3) is 0.474. The Balaban J connectivity index is 1.59. The fourth-order valence-electron chi connectivity index (χ4n) is 3.16. The van der Waals surface area contributed by atoms with Crippen LogP contribution in [0.25, 0.3) is 0 Å². The molecule has 1 aliphatic rings. The zero-order valence-corrected chi connectivity index (χ0v) is 16.3. The number of amides is 1. The highest BCUT2D eigenvalue weighted by Gasteiger charge is 2.18. The van der Waals surface area contributed by atoms with E-state index >= 15 is 0 Å². The maximum atomic E-state index is 12.5. The van der Waals surface area contributed by atoms with Crippen molar-refractivity contribution in [2.75, 3.05) is 37.3 Å². The van der Waals surface area contributed by atoms with Crippen molar-refractivity contribution in [1.29, 1.82) is 0 Å². The molecule has 0 unspecified atom stereocenters. The van der Waals surface area contributed by atoms with Crippen molar-refractivity contribution in [3.05, 3.63) is 34.3 Å². The summed E-state index contributed by atoms with van der Waals surface area (Å²) < 4.78 is 0. The molecule has 6 nitrogen and oxygen atoms in total. The summed E-state index contributed by atoms with van der Waals surface area (Å²) in [5.41, 5.74) is 2.24. The van der Waals surface area contributed by atoms with Gasteiger partial charge in [-0.15, -0.1) is 0 Å². The van der Waals surface area contributed by atoms with Gasteiger partial charge < -0.3 is 20.6 Å². The Bertz CT molecular complexity index is 782. The Labute approximate surface area is 158 Å². The Morgan fingerprint density at radius 2 is 2.08 bits per heavy atom. The SMILES string of the molecule is Cc1ccc(O)c(C)c1NC(=O)c1cnc(NCC2CCN(C)CC2)s1. The van der Waals surface area contributed by atoms with E-state index in [4.69, 9.17) is 0 Å². The zero-order chi connectivity index (χ0) is 18.7. The third-order valence-corrected chi connectivity index (χ3v) is 5.95. The van der Waals surface area contributed by atoms with Crippen LogP contribution in [0.4, 0.5) is 10.8 Å². The predicted octanol–water partition coefficient (Wildman–Crippen LogP) is 3.47. The summed E-state index contributed by atoms with van der Waals surface area (Å²) >= 11 is 1.36. The van der Waals surface area contributed by atoms with Crippen LogP contribution in [0.15, 0.2) is 18.3 Å². The molecule has 3 rings (SSSR count). The first kappa shape index (κ1) is 18.7. The average Bonchev–Trinajstić information content (AvgIpc) is 3.10. The molecule has 1 fully saturated rings. The maximum absolute atomic E-state index is 12.5. The van der Waals surface area contributed by atoms with Crippen molar-refractivity contribution in [1.82, 2.24) is 9.88 Å². The number of nitrogens with zero attached hydrogens (tertiary/aromatic N) is 2. The van der Waals surface area contributed by atoms with Gasteiger partial charge in [-0.2, -0.15) is 0 Å². The summed E-state index contributed by atoms with van der Waals surface area (Å²) in [6, 6.07) is 3.43. The quantitative estimate of drug-likeness (QED) is 0.747. The molecule has 0 atom stereocenters. The minimum atomic E-state index is -0.202. The first-order chi connectivity index (χ1) is 12.4. The zero-order valence-electron chi connectivity index (χ0n) is 15.5. The number of aromatic hydroxyl groups is 1. The topological polar surface area (TPSA) is 77.5 Å². The molecular formula is C19H26N4O2S. The molecule has 1 amide bonds. The standard InChI is InChI=1S/C19H26N4O2S/c1-12-4-5-15(24)13(2)17(12)22-18(25)16-11-21-19(26-16)20-10-14-6-8-23(3)9-7-14/h4-5,11,14,24H,6-10H2,1-3H3,(H,20,21)(H,22,25). The molecule has 0 saturated carbocycles. The lowest BCUT2D eigenvalue weighted by atomic mass is 9.97. The van der Waals surface area contributed by atoms with Crippen LogP contribution in [-0.2, 0) is 0 Å². The van der Waals surface area contributed by atoms with E-state index in [1.165, 1.54) is 24.2 Å². The molecule has 0 spiro atoms. The van der Waals surface area contributed by atoms with Crippen molar-refractivity contribution in [3.8, 4) is 5.75 Å². The molecule has 0 radical (unpaired) electrons. The molecule has 0 bridgehead atoms. The van der Waals surface area contributed by atoms with Gasteiger partial charge in [-0.3, -0.25) is 4.79 Å². The van der Waals surface area contributed by atoms with Gasteiger partial charge in [-0.1, -0.05) is 17.4 Å². The van der Waals surface area contributed by atoms with Crippen LogP contribution >= 0.6 is 11.3 Å². The van der Waals surface area contributed by atoms with E-state index in [1.54, 1.807) is 25.3 Å². The highest BCUT2D eigenvalue weighted by Crippen LogP contribution is 2.29. The van der Waals surface area contributed by atoms with Crippen LogP contribution in [0.2, 0.25) is 0 Å². The van der Waals surface area contributed by atoms with E-state index in [1.807, 2.05) is 6.92 Å². The number of likely N-dealkylation sites (tertiary alicyclic amines) is 1. The lowest BCUT2D eigenvalue weighted by Crippen LogP contribution is -2.32. The smallest absolute Gasteiger partial charge is 0.267 e. The van der Waals surface area contributed by atoms with Crippen LogP contribution in [0.1, 0.15) is 33.6 Å². The highest BCUT2D eigenvalue weighted by atomic mass is 32.1. The normalized spacial score (nSPS) is 15.8. The lowest BCUT2D eigenvalue weighted by Gasteiger charge is -2.28. The van der Waals surface area contributed by atoms with Gasteiger partial charge in [0.15, 0.2) is 5.13 Å². The van der Waals surface area contributed by atoms with Crippen molar-refractivity contribution >= 4 is 28.1 Å². The second kappa shape index (κ2) is 8.05. The molecule has 2 aromatic rings. The Kier molecular flexibility index (Phi) is 5.78. The first-order valence-electron chi connectivity index (χ1n) is 8.93. The van der Waals surface area contributed by atoms with E-state index in [9.17, 15) is 9.90 Å². The second-order valence-electron chi connectivity index (χ2n) is 7.01. The number of nitrogens with one attached hydrogen (secondary N) is 2. The Morgan fingerprint density at radius 3 is 2.81 bits per heavy atom. The molecule has 26 heavy (non-hydrogen) atoms. The van der Waals surface area contributed by atoms with Gasteiger partial charge in [0, 0.05) is 12.1 Å². The van der Waals surface area contributed by atoms with E-state index in [-0.39, 0.29) is 11.7 Å². The summed E-state index contributed by atoms with van der Waals surface area (Å²) in [4.78, 5) is 19.8. The average molecular weight is 375 g/mol. The van der Waals surface area contributed by atoms with Crippen LogP contribution in [-0.4, -0.2) is 47.6 Å². The molecule has 1 saturated heterocycles. The molecule has 3 N–H and O–H groups in total. The number of carbonyl (C=O) groups excluding carboxylic acids is 1. The third kappa shape index (κ3) is 4.34. The molecule has 1 aliphatic heterocycles. The number of thiazole rings is 1. The fourth-order valence-corrected chi connectivity index (χ4v) is 3.88. The summed E-state index contributed by atoms with van der Waals surface area (Å²) in [5.74, 6) is 0.632.